The number of ether oxygens (including phenoxy) is 3. The first-order valence-electron chi connectivity index (χ1n) is 14.5. The fraction of sp³-hybridized carbons (Fsp3) is 0.278. The summed E-state index contributed by atoms with van der Waals surface area (Å²) in [6.07, 6.45) is -2.53. The lowest BCUT2D eigenvalue weighted by Crippen LogP contribution is -2.25. The van der Waals surface area contributed by atoms with Crippen LogP contribution in [-0.4, -0.2) is 46.1 Å². The van der Waals surface area contributed by atoms with Gasteiger partial charge >= 0.3 is 11.9 Å². The summed E-state index contributed by atoms with van der Waals surface area (Å²) >= 11 is 0. The van der Waals surface area contributed by atoms with Crippen LogP contribution in [0.15, 0.2) is 97.1 Å². The van der Waals surface area contributed by atoms with E-state index < -0.39 is 30.4 Å². The minimum atomic E-state index is -0.997. The van der Waals surface area contributed by atoms with Crippen LogP contribution in [0.2, 0.25) is 0 Å². The summed E-state index contributed by atoms with van der Waals surface area (Å²) in [6, 6.07) is 30.1. The number of carbonyl (C=O) groups is 2. The molecule has 4 aromatic carbocycles. The zero-order valence-electron chi connectivity index (χ0n) is 25.6. The third kappa shape index (κ3) is 9.97. The lowest BCUT2D eigenvalue weighted by atomic mass is 10.0. The average Bonchev–Trinajstić information content (AvgIpc) is 3.02. The monoisotopic (exact) mass is 600 g/mol. The second kappa shape index (κ2) is 16.3. The molecule has 0 bridgehead atoms. The second-order valence-electron chi connectivity index (χ2n) is 10.3. The molecular formula is C36H40O8. The van der Waals surface area contributed by atoms with Crippen LogP contribution in [0.1, 0.15) is 58.0 Å². The van der Waals surface area contributed by atoms with Crippen molar-refractivity contribution in [3.05, 3.63) is 108 Å². The SMILES string of the molecule is CCOC(=O)[C@@H](C)Oc1ccc(-c2cccc([C@@H](C)O)c2)cc1.C[C@@H](Oc1ccc(-c2cccc([C@@H](C)O)c2)cc1)C(=O)O. The van der Waals surface area contributed by atoms with Crippen molar-refractivity contribution in [1.82, 2.24) is 0 Å². The third-order valence-electron chi connectivity index (χ3n) is 6.71. The minimum Gasteiger partial charge on any atom is -0.479 e. The van der Waals surface area contributed by atoms with Crippen molar-refractivity contribution in [2.24, 2.45) is 0 Å². The van der Waals surface area contributed by atoms with E-state index in [4.69, 9.17) is 19.3 Å². The van der Waals surface area contributed by atoms with Crippen LogP contribution in [0.4, 0.5) is 0 Å². The number of aliphatic hydroxyl groups is 2. The molecule has 0 aromatic heterocycles. The Morgan fingerprint density at radius 2 is 1.02 bits per heavy atom. The molecule has 0 radical (unpaired) electrons. The molecule has 8 heteroatoms. The Morgan fingerprint density at radius 1 is 0.614 bits per heavy atom. The number of rotatable bonds is 11. The van der Waals surface area contributed by atoms with Crippen molar-refractivity contribution < 1.29 is 39.1 Å². The smallest absolute Gasteiger partial charge is 0.347 e. The van der Waals surface area contributed by atoms with Crippen molar-refractivity contribution in [2.75, 3.05) is 6.61 Å². The summed E-state index contributed by atoms with van der Waals surface area (Å²) in [6.45, 7) is 8.72. The van der Waals surface area contributed by atoms with Crippen molar-refractivity contribution in [3.8, 4) is 33.8 Å². The molecule has 3 N–H and O–H groups in total. The second-order valence-corrected chi connectivity index (χ2v) is 10.3. The van der Waals surface area contributed by atoms with Gasteiger partial charge in [-0.2, -0.15) is 0 Å². The van der Waals surface area contributed by atoms with Gasteiger partial charge in [0.15, 0.2) is 12.2 Å². The molecule has 0 fully saturated rings. The molecule has 44 heavy (non-hydrogen) atoms. The molecule has 8 nitrogen and oxygen atoms in total. The van der Waals surface area contributed by atoms with E-state index in [1.807, 2.05) is 84.9 Å². The van der Waals surface area contributed by atoms with E-state index in [1.54, 1.807) is 39.8 Å². The van der Waals surface area contributed by atoms with Gasteiger partial charge in [0, 0.05) is 0 Å². The normalized spacial score (nSPS) is 13.3. The minimum absolute atomic E-state index is 0.338. The molecule has 0 spiro atoms. The highest BCUT2D eigenvalue weighted by Gasteiger charge is 2.16. The van der Waals surface area contributed by atoms with E-state index in [0.29, 0.717) is 18.1 Å². The van der Waals surface area contributed by atoms with Gasteiger partial charge in [0.2, 0.25) is 0 Å². The maximum atomic E-state index is 11.6. The fourth-order valence-electron chi connectivity index (χ4n) is 4.17. The Labute approximate surface area is 258 Å². The van der Waals surface area contributed by atoms with Gasteiger partial charge in [0.1, 0.15) is 11.5 Å². The standard InChI is InChI=1S/C19H22O4.C17H18O4/c1-4-22-19(21)14(3)23-18-10-8-15(9-11-18)17-7-5-6-16(12-17)13(2)20;1-11(18)14-4-3-5-15(10-14)13-6-8-16(9-7-13)21-12(2)17(19)20/h5-14,20H,4H2,1-3H3;3-12,18H,1-2H3,(H,19,20)/t13-,14-;11-,12-/m11/s1. The Kier molecular flexibility index (Phi) is 12.5. The summed E-state index contributed by atoms with van der Waals surface area (Å²) < 4.78 is 15.8. The van der Waals surface area contributed by atoms with Gasteiger partial charge in [-0.05, 0) is 104 Å². The molecule has 0 aliphatic heterocycles. The van der Waals surface area contributed by atoms with Crippen LogP contribution in [0.5, 0.6) is 11.5 Å². The molecular weight excluding hydrogens is 560 g/mol. The number of carboxylic acids is 1. The maximum Gasteiger partial charge on any atom is 0.347 e. The fourth-order valence-corrected chi connectivity index (χ4v) is 4.17. The molecule has 0 aliphatic rings. The molecule has 232 valence electrons. The highest BCUT2D eigenvalue weighted by Crippen LogP contribution is 2.27. The predicted octanol–water partition coefficient (Wildman–Crippen LogP) is 7.00. The third-order valence-corrected chi connectivity index (χ3v) is 6.71. The van der Waals surface area contributed by atoms with E-state index in [0.717, 1.165) is 33.4 Å². The highest BCUT2D eigenvalue weighted by atomic mass is 16.6. The highest BCUT2D eigenvalue weighted by molar-refractivity contribution is 5.74. The van der Waals surface area contributed by atoms with E-state index in [2.05, 4.69) is 0 Å². The predicted molar refractivity (Wildman–Crippen MR) is 169 cm³/mol. The zero-order valence-corrected chi connectivity index (χ0v) is 25.6. The van der Waals surface area contributed by atoms with E-state index in [1.165, 1.54) is 6.92 Å². The molecule has 4 atom stereocenters. The molecule has 0 heterocycles. The van der Waals surface area contributed by atoms with Crippen LogP contribution < -0.4 is 9.47 Å². The molecule has 4 aromatic rings. The van der Waals surface area contributed by atoms with Crippen LogP contribution >= 0.6 is 0 Å². The van der Waals surface area contributed by atoms with Crippen LogP contribution in [0.25, 0.3) is 22.3 Å². The number of hydrogen-bond donors (Lipinski definition) is 3. The van der Waals surface area contributed by atoms with Crippen molar-refractivity contribution in [2.45, 2.75) is 59.0 Å². The van der Waals surface area contributed by atoms with Crippen LogP contribution in [0.3, 0.4) is 0 Å². The molecule has 0 unspecified atom stereocenters. The molecule has 0 saturated heterocycles. The molecule has 4 rings (SSSR count). The summed E-state index contributed by atoms with van der Waals surface area (Å²) in [7, 11) is 0. The number of hydrogen-bond acceptors (Lipinski definition) is 7. The van der Waals surface area contributed by atoms with Gasteiger partial charge in [-0.3, -0.25) is 0 Å². The average molecular weight is 601 g/mol. The Balaban J connectivity index is 0.000000241. The van der Waals surface area contributed by atoms with E-state index >= 15 is 0 Å². The number of aliphatic carboxylic acids is 1. The van der Waals surface area contributed by atoms with Gasteiger partial charge in [-0.25, -0.2) is 9.59 Å². The van der Waals surface area contributed by atoms with Gasteiger partial charge < -0.3 is 29.5 Å². The summed E-state index contributed by atoms with van der Waals surface area (Å²) in [5.41, 5.74) is 5.74. The number of carbonyl (C=O) groups excluding carboxylic acids is 1. The lowest BCUT2D eigenvalue weighted by Gasteiger charge is -2.14. The van der Waals surface area contributed by atoms with Crippen molar-refractivity contribution >= 4 is 11.9 Å². The topological polar surface area (TPSA) is 123 Å². The Hall–Kier alpha value is -4.66. The first-order chi connectivity index (χ1) is 21.0. The molecule has 0 saturated carbocycles. The van der Waals surface area contributed by atoms with Gasteiger partial charge in [0.05, 0.1) is 18.8 Å². The summed E-state index contributed by atoms with van der Waals surface area (Å²) in [4.78, 5) is 22.3. The Morgan fingerprint density at radius 3 is 1.39 bits per heavy atom. The van der Waals surface area contributed by atoms with Crippen molar-refractivity contribution in [3.63, 3.8) is 0 Å². The van der Waals surface area contributed by atoms with E-state index in [-0.39, 0.29) is 5.97 Å². The number of aliphatic hydroxyl groups excluding tert-OH is 2. The van der Waals surface area contributed by atoms with Gasteiger partial charge in [0.25, 0.3) is 0 Å². The molecule has 0 aliphatic carbocycles. The number of carboxylic acid groups (broad SMARTS) is 1. The first kappa shape index (κ1) is 33.8. The van der Waals surface area contributed by atoms with E-state index in [9.17, 15) is 19.8 Å². The quantitative estimate of drug-likeness (QED) is 0.157. The number of esters is 1. The van der Waals surface area contributed by atoms with Crippen LogP contribution in [-0.2, 0) is 14.3 Å². The first-order valence-corrected chi connectivity index (χ1v) is 14.5. The maximum absolute atomic E-state index is 11.6. The van der Waals surface area contributed by atoms with Gasteiger partial charge in [-0.15, -0.1) is 0 Å². The molecule has 0 amide bonds. The van der Waals surface area contributed by atoms with Crippen LogP contribution in [0, 0.1) is 0 Å². The number of benzene rings is 4. The Bertz CT molecular complexity index is 1490. The largest absolute Gasteiger partial charge is 0.479 e. The summed E-state index contributed by atoms with van der Waals surface area (Å²) in [5, 5.41) is 28.1. The lowest BCUT2D eigenvalue weighted by molar-refractivity contribution is -0.150. The summed E-state index contributed by atoms with van der Waals surface area (Å²) in [5.74, 6) is -0.244. The van der Waals surface area contributed by atoms with Gasteiger partial charge in [-0.1, -0.05) is 60.7 Å². The zero-order chi connectivity index (χ0) is 32.2. The van der Waals surface area contributed by atoms with Crippen molar-refractivity contribution in [1.29, 1.82) is 0 Å².